The number of carbonyl (C=O) groups is 2. The monoisotopic (exact) mass is 588 g/mol. The van der Waals surface area contributed by atoms with Crippen molar-refractivity contribution in [3.05, 3.63) is 107 Å². The lowest BCUT2D eigenvalue weighted by Gasteiger charge is -2.09. The van der Waals surface area contributed by atoms with Gasteiger partial charge < -0.3 is 14.9 Å². The van der Waals surface area contributed by atoms with Crippen molar-refractivity contribution in [3.63, 3.8) is 0 Å². The highest BCUT2D eigenvalue weighted by Crippen LogP contribution is 2.29. The molecule has 4 aromatic carbocycles. The van der Waals surface area contributed by atoms with Crippen molar-refractivity contribution in [1.29, 1.82) is 10.7 Å². The number of carbonyl (C=O) groups excluding carboxylic acids is 2. The van der Waals surface area contributed by atoms with E-state index in [1.54, 1.807) is 6.07 Å². The number of hydrogen-bond donors (Lipinski definition) is 1. The Bertz CT molecular complexity index is 1730. The lowest BCUT2D eigenvalue weighted by molar-refractivity contribution is -0.134. The van der Waals surface area contributed by atoms with Gasteiger partial charge in [0.2, 0.25) is 0 Å². The number of esters is 2. The van der Waals surface area contributed by atoms with E-state index in [-0.39, 0.29) is 57.7 Å². The molecule has 0 fully saturated rings. The molecule has 0 aliphatic carbocycles. The number of ether oxygens (including phenoxy) is 2. The van der Waals surface area contributed by atoms with Gasteiger partial charge in [-0.25, -0.2) is 17.6 Å². The normalized spacial score (nSPS) is 10.6. The Kier molecular flexibility index (Phi) is 10.0. The Morgan fingerprint density at radius 2 is 1.19 bits per heavy atom. The fourth-order valence-corrected chi connectivity index (χ4v) is 4.25. The second-order valence-corrected chi connectivity index (χ2v) is 9.48. The Balaban J connectivity index is 1.19. The predicted molar refractivity (Wildman–Crippen MR) is 151 cm³/mol. The maximum absolute atomic E-state index is 14.6. The molecule has 0 spiro atoms. The zero-order valence-electron chi connectivity index (χ0n) is 22.6. The third-order valence-electron chi connectivity index (χ3n) is 6.47. The quantitative estimate of drug-likeness (QED) is 0.0631. The largest absolute Gasteiger partial charge is 0.426 e. The van der Waals surface area contributed by atoms with Gasteiger partial charge in [-0.3, -0.25) is 9.59 Å². The minimum Gasteiger partial charge on any atom is -0.426 e. The molecule has 0 aliphatic heterocycles. The van der Waals surface area contributed by atoms with E-state index in [1.807, 2.05) is 0 Å². The molecule has 10 heteroatoms. The van der Waals surface area contributed by atoms with E-state index >= 15 is 0 Å². The van der Waals surface area contributed by atoms with Crippen molar-refractivity contribution in [2.75, 3.05) is 0 Å². The first kappa shape index (κ1) is 30.7. The third kappa shape index (κ3) is 7.92. The van der Waals surface area contributed by atoms with Crippen LogP contribution in [0.4, 0.5) is 17.6 Å². The summed E-state index contributed by atoms with van der Waals surface area (Å²) < 4.78 is 67.3. The molecule has 0 aliphatic rings. The van der Waals surface area contributed by atoms with Crippen LogP contribution in [0.1, 0.15) is 43.2 Å². The third-order valence-corrected chi connectivity index (χ3v) is 6.47. The van der Waals surface area contributed by atoms with Crippen molar-refractivity contribution in [2.45, 2.75) is 32.1 Å². The topological polar surface area (TPSA) is 100 Å². The maximum Gasteiger partial charge on any atom is 0.311 e. The average molecular weight is 589 g/mol. The van der Waals surface area contributed by atoms with Crippen LogP contribution in [-0.4, -0.2) is 18.2 Å². The fourth-order valence-electron chi connectivity index (χ4n) is 4.25. The second-order valence-electron chi connectivity index (χ2n) is 9.48. The van der Waals surface area contributed by atoms with Gasteiger partial charge in [0.05, 0.1) is 5.56 Å². The summed E-state index contributed by atoms with van der Waals surface area (Å²) in [5.41, 5.74) is 0.624. The molecule has 4 rings (SSSR count). The Morgan fingerprint density at radius 1 is 0.674 bits per heavy atom. The summed E-state index contributed by atoms with van der Waals surface area (Å²) in [5, 5.41) is 16.0. The van der Waals surface area contributed by atoms with E-state index in [9.17, 15) is 27.2 Å². The molecule has 0 saturated heterocycles. The van der Waals surface area contributed by atoms with E-state index in [0.717, 1.165) is 30.5 Å². The van der Waals surface area contributed by atoms with Crippen LogP contribution in [0.25, 0.3) is 22.3 Å². The molecule has 0 bridgehead atoms. The van der Waals surface area contributed by atoms with E-state index in [2.05, 4.69) is 0 Å². The lowest BCUT2D eigenvalue weighted by Crippen LogP contribution is -2.09. The summed E-state index contributed by atoms with van der Waals surface area (Å²) in [5.74, 6) is -4.07. The number of rotatable bonds is 11. The van der Waals surface area contributed by atoms with Gasteiger partial charge in [0.1, 0.15) is 40.8 Å². The minimum absolute atomic E-state index is 0.00557. The van der Waals surface area contributed by atoms with E-state index in [1.165, 1.54) is 48.5 Å². The fraction of sp³-hybridized carbons (Fsp3) is 0.152. The van der Waals surface area contributed by atoms with Gasteiger partial charge in [-0.1, -0.05) is 18.6 Å². The number of nitrogens with one attached hydrogen (secondary N) is 1. The molecule has 0 heterocycles. The highest BCUT2D eigenvalue weighted by Gasteiger charge is 2.14. The van der Waals surface area contributed by atoms with Gasteiger partial charge >= 0.3 is 11.9 Å². The molecular weight excluding hydrogens is 564 g/mol. The van der Waals surface area contributed by atoms with Crippen LogP contribution in [0.2, 0.25) is 0 Å². The summed E-state index contributed by atoms with van der Waals surface area (Å²) in [6, 6.07) is 16.9. The van der Waals surface area contributed by atoms with Crippen molar-refractivity contribution in [2.24, 2.45) is 0 Å². The summed E-state index contributed by atoms with van der Waals surface area (Å²) in [7, 11) is 0. The van der Waals surface area contributed by atoms with Gasteiger partial charge in [-0.15, -0.1) is 0 Å². The number of benzene rings is 4. The van der Waals surface area contributed by atoms with Crippen LogP contribution in [-0.2, 0) is 9.59 Å². The zero-order chi connectivity index (χ0) is 30.9. The summed E-state index contributed by atoms with van der Waals surface area (Å²) >= 11 is 0. The molecular formula is C33H24F4N2O4. The Morgan fingerprint density at radius 3 is 1.63 bits per heavy atom. The van der Waals surface area contributed by atoms with Crippen molar-refractivity contribution >= 4 is 18.2 Å². The number of nitriles is 1. The molecule has 0 amide bonds. The molecule has 0 unspecified atom stereocenters. The standard InChI is InChI=1S/C33H24F4N2O4/c34-28-14-20(6-8-22(28)18-38)26-12-10-24(16-30(26)36)42-32(40)4-2-1-3-5-33(41)43-25-11-13-27(31(37)17-25)21-7-9-23(19-39)29(35)15-21/h6-18,38H,1-5H2. The van der Waals surface area contributed by atoms with E-state index < -0.39 is 35.2 Å². The van der Waals surface area contributed by atoms with Crippen molar-refractivity contribution in [1.82, 2.24) is 0 Å². The van der Waals surface area contributed by atoms with Gasteiger partial charge in [0.25, 0.3) is 0 Å². The predicted octanol–water partition coefficient (Wildman–Crippen LogP) is 7.91. The van der Waals surface area contributed by atoms with Gasteiger partial charge in [0.15, 0.2) is 0 Å². The highest BCUT2D eigenvalue weighted by atomic mass is 19.1. The molecule has 0 aromatic heterocycles. The number of halogens is 4. The van der Waals surface area contributed by atoms with Gasteiger partial charge in [0, 0.05) is 47.9 Å². The molecule has 0 atom stereocenters. The summed E-state index contributed by atoms with van der Waals surface area (Å²) in [6.07, 6.45) is 2.19. The summed E-state index contributed by atoms with van der Waals surface area (Å²) in [6.45, 7) is 0. The molecule has 218 valence electrons. The highest BCUT2D eigenvalue weighted by molar-refractivity contribution is 5.79. The SMILES string of the molecule is N#Cc1ccc(-c2ccc(OC(=O)CCCCCC(=O)Oc3ccc(-c4ccc(C=N)c(F)c4)c(F)c3)cc2F)cc1F. The van der Waals surface area contributed by atoms with Crippen molar-refractivity contribution < 1.29 is 36.6 Å². The molecule has 0 radical (unpaired) electrons. The van der Waals surface area contributed by atoms with Crippen LogP contribution < -0.4 is 9.47 Å². The smallest absolute Gasteiger partial charge is 0.311 e. The van der Waals surface area contributed by atoms with Gasteiger partial charge in [-0.2, -0.15) is 5.26 Å². The first-order valence-corrected chi connectivity index (χ1v) is 13.2. The van der Waals surface area contributed by atoms with Crippen molar-refractivity contribution in [3.8, 4) is 39.8 Å². The first-order chi connectivity index (χ1) is 20.7. The zero-order valence-corrected chi connectivity index (χ0v) is 22.6. The molecule has 0 saturated carbocycles. The van der Waals surface area contributed by atoms with Crippen LogP contribution in [0.3, 0.4) is 0 Å². The van der Waals surface area contributed by atoms with Crippen LogP contribution in [0, 0.1) is 40.0 Å². The van der Waals surface area contributed by atoms with Crippen LogP contribution in [0.15, 0.2) is 72.8 Å². The Labute approximate surface area is 244 Å². The number of hydrogen-bond acceptors (Lipinski definition) is 6. The van der Waals surface area contributed by atoms with E-state index in [4.69, 9.17) is 20.1 Å². The second kappa shape index (κ2) is 14.0. The minimum atomic E-state index is -0.770. The van der Waals surface area contributed by atoms with E-state index in [0.29, 0.717) is 19.3 Å². The van der Waals surface area contributed by atoms with Crippen LogP contribution >= 0.6 is 0 Å². The number of nitrogens with zero attached hydrogens (tertiary/aromatic N) is 1. The first-order valence-electron chi connectivity index (χ1n) is 13.2. The molecule has 6 nitrogen and oxygen atoms in total. The number of unbranched alkanes of at least 4 members (excludes halogenated alkanes) is 2. The maximum atomic E-state index is 14.6. The summed E-state index contributed by atoms with van der Waals surface area (Å²) in [4.78, 5) is 24.3. The molecule has 1 N–H and O–H groups in total. The lowest BCUT2D eigenvalue weighted by atomic mass is 10.0. The Hall–Kier alpha value is -5.30. The molecule has 4 aromatic rings. The average Bonchev–Trinajstić information content (AvgIpc) is 2.97. The van der Waals surface area contributed by atoms with Crippen LogP contribution in [0.5, 0.6) is 11.5 Å². The van der Waals surface area contributed by atoms with Gasteiger partial charge in [-0.05, 0) is 72.5 Å². The molecule has 43 heavy (non-hydrogen) atoms.